The van der Waals surface area contributed by atoms with E-state index in [1.165, 1.54) is 24.3 Å². The summed E-state index contributed by atoms with van der Waals surface area (Å²) in [7, 11) is 0. The van der Waals surface area contributed by atoms with Crippen molar-refractivity contribution >= 4 is 5.91 Å². The van der Waals surface area contributed by atoms with Crippen LogP contribution >= 0.6 is 0 Å². The van der Waals surface area contributed by atoms with E-state index < -0.39 is 0 Å². The predicted octanol–water partition coefficient (Wildman–Crippen LogP) is 3.42. The van der Waals surface area contributed by atoms with Gasteiger partial charge in [-0.15, -0.1) is 0 Å². The fourth-order valence-corrected chi connectivity index (χ4v) is 2.62. The van der Waals surface area contributed by atoms with Gasteiger partial charge in [-0.25, -0.2) is 4.39 Å². The van der Waals surface area contributed by atoms with Gasteiger partial charge in [-0.1, -0.05) is 19.9 Å². The van der Waals surface area contributed by atoms with Gasteiger partial charge in [-0.3, -0.25) is 4.79 Å². The summed E-state index contributed by atoms with van der Waals surface area (Å²) in [5.41, 5.74) is 0.804. The molecule has 6 heteroatoms. The van der Waals surface area contributed by atoms with Gasteiger partial charge in [0.2, 0.25) is 12.7 Å². The first-order valence-corrected chi connectivity index (χ1v) is 8.49. The Morgan fingerprint density at radius 3 is 2.65 bits per heavy atom. The molecule has 0 radical (unpaired) electrons. The largest absolute Gasteiger partial charge is 0.493 e. The third-order valence-electron chi connectivity index (χ3n) is 4.29. The molecule has 1 N–H and O–H groups in total. The van der Waals surface area contributed by atoms with Crippen LogP contribution in [-0.2, 0) is 10.2 Å². The summed E-state index contributed by atoms with van der Waals surface area (Å²) >= 11 is 0. The summed E-state index contributed by atoms with van der Waals surface area (Å²) in [5, 5.41) is 2.93. The van der Waals surface area contributed by atoms with Crippen LogP contribution in [0.5, 0.6) is 17.2 Å². The molecule has 0 saturated carbocycles. The van der Waals surface area contributed by atoms with E-state index >= 15 is 0 Å². The van der Waals surface area contributed by atoms with Crippen molar-refractivity contribution < 1.29 is 23.4 Å². The standard InChI is InChI=1S/C20H22FNO4/c1-20(2,14-3-8-17-18(11-14)26-13-25-17)12-22-19(23)9-10-24-16-6-4-15(21)5-7-16/h3-8,11H,9-10,12-13H2,1-2H3,(H,22,23). The molecule has 0 aromatic heterocycles. The number of amides is 1. The second-order valence-electron chi connectivity index (χ2n) is 6.78. The fourth-order valence-electron chi connectivity index (χ4n) is 2.62. The summed E-state index contributed by atoms with van der Waals surface area (Å²) in [4.78, 5) is 12.1. The molecule has 0 spiro atoms. The van der Waals surface area contributed by atoms with E-state index in [1.807, 2.05) is 18.2 Å². The molecule has 3 rings (SSSR count). The van der Waals surface area contributed by atoms with Crippen molar-refractivity contribution in [3.8, 4) is 17.2 Å². The molecular formula is C20H22FNO4. The van der Waals surface area contributed by atoms with Crippen LogP contribution < -0.4 is 19.5 Å². The lowest BCUT2D eigenvalue weighted by molar-refractivity contribution is -0.121. The Kier molecular flexibility index (Phi) is 5.30. The lowest BCUT2D eigenvalue weighted by Crippen LogP contribution is -2.37. The maximum atomic E-state index is 12.8. The summed E-state index contributed by atoms with van der Waals surface area (Å²) in [6, 6.07) is 11.5. The summed E-state index contributed by atoms with van der Waals surface area (Å²) < 4.78 is 29.0. The summed E-state index contributed by atoms with van der Waals surface area (Å²) in [6.07, 6.45) is 0.231. The van der Waals surface area contributed by atoms with Gasteiger partial charge < -0.3 is 19.5 Å². The summed E-state index contributed by atoms with van der Waals surface area (Å²) in [6.45, 7) is 5.08. The van der Waals surface area contributed by atoms with Crippen LogP contribution in [0.25, 0.3) is 0 Å². The van der Waals surface area contributed by atoms with Crippen LogP contribution in [0.4, 0.5) is 4.39 Å². The van der Waals surface area contributed by atoms with Crippen molar-refractivity contribution in [2.75, 3.05) is 19.9 Å². The van der Waals surface area contributed by atoms with Crippen LogP contribution in [0.1, 0.15) is 25.8 Å². The van der Waals surface area contributed by atoms with Gasteiger partial charge in [-0.2, -0.15) is 0 Å². The van der Waals surface area contributed by atoms with Crippen LogP contribution in [0.2, 0.25) is 0 Å². The molecule has 26 heavy (non-hydrogen) atoms. The van der Waals surface area contributed by atoms with Crippen LogP contribution in [-0.4, -0.2) is 25.9 Å². The third kappa shape index (κ3) is 4.45. The molecule has 1 amide bonds. The zero-order chi connectivity index (χ0) is 18.6. The highest BCUT2D eigenvalue weighted by atomic mass is 19.1. The van der Waals surface area contributed by atoms with Crippen molar-refractivity contribution in [3.63, 3.8) is 0 Å². The Hall–Kier alpha value is -2.76. The van der Waals surface area contributed by atoms with Crippen molar-refractivity contribution in [1.29, 1.82) is 0 Å². The third-order valence-corrected chi connectivity index (χ3v) is 4.29. The minimum Gasteiger partial charge on any atom is -0.493 e. The van der Waals surface area contributed by atoms with Crippen molar-refractivity contribution in [1.82, 2.24) is 5.32 Å². The number of hydrogen-bond acceptors (Lipinski definition) is 4. The summed E-state index contributed by atoms with van der Waals surface area (Å²) in [5.74, 6) is 1.60. The smallest absolute Gasteiger partial charge is 0.231 e. The Bertz CT molecular complexity index is 774. The zero-order valence-corrected chi connectivity index (χ0v) is 14.9. The molecule has 0 aliphatic carbocycles. The molecule has 1 aliphatic rings. The number of rotatable bonds is 7. The first kappa shape index (κ1) is 18.0. The molecule has 0 atom stereocenters. The van der Waals surface area contributed by atoms with Gasteiger partial charge in [0.05, 0.1) is 13.0 Å². The lowest BCUT2D eigenvalue weighted by Gasteiger charge is -2.26. The lowest BCUT2D eigenvalue weighted by atomic mass is 9.84. The molecule has 2 aromatic carbocycles. The van der Waals surface area contributed by atoms with Crippen LogP contribution in [0.15, 0.2) is 42.5 Å². The number of benzene rings is 2. The number of halogens is 1. The molecule has 138 valence electrons. The van der Waals surface area contributed by atoms with Crippen molar-refractivity contribution in [2.24, 2.45) is 0 Å². The fraction of sp³-hybridized carbons (Fsp3) is 0.350. The highest BCUT2D eigenvalue weighted by molar-refractivity contribution is 5.76. The van der Waals surface area contributed by atoms with Gasteiger partial charge in [-0.05, 0) is 42.0 Å². The second kappa shape index (κ2) is 7.64. The SMILES string of the molecule is CC(C)(CNC(=O)CCOc1ccc(F)cc1)c1ccc2c(c1)OCO2. The van der Waals surface area contributed by atoms with Gasteiger partial charge in [0.15, 0.2) is 11.5 Å². The van der Waals surface area contributed by atoms with Crippen LogP contribution in [0.3, 0.4) is 0 Å². The second-order valence-corrected chi connectivity index (χ2v) is 6.78. The first-order valence-electron chi connectivity index (χ1n) is 8.49. The Morgan fingerprint density at radius 2 is 1.88 bits per heavy atom. The predicted molar refractivity (Wildman–Crippen MR) is 95.1 cm³/mol. The average molecular weight is 359 g/mol. The number of carbonyl (C=O) groups excluding carboxylic acids is 1. The molecule has 0 fully saturated rings. The molecule has 0 saturated heterocycles. The normalized spacial score (nSPS) is 12.7. The van der Waals surface area contributed by atoms with Gasteiger partial charge in [0.25, 0.3) is 0 Å². The highest BCUT2D eigenvalue weighted by Crippen LogP contribution is 2.36. The number of fused-ring (bicyclic) bond motifs is 1. The molecule has 1 heterocycles. The molecule has 0 unspecified atom stereocenters. The Labute approximate surface area is 152 Å². The molecule has 2 aromatic rings. The number of hydrogen-bond donors (Lipinski definition) is 1. The quantitative estimate of drug-likeness (QED) is 0.823. The topological polar surface area (TPSA) is 56.8 Å². The van der Waals surface area contributed by atoms with E-state index in [0.29, 0.717) is 12.3 Å². The zero-order valence-electron chi connectivity index (χ0n) is 14.9. The molecule has 1 aliphatic heterocycles. The van der Waals surface area contributed by atoms with Gasteiger partial charge >= 0.3 is 0 Å². The number of carbonyl (C=O) groups is 1. The first-order chi connectivity index (χ1) is 12.4. The van der Waals surface area contributed by atoms with Crippen molar-refractivity contribution in [2.45, 2.75) is 25.7 Å². The van der Waals surface area contributed by atoms with E-state index in [4.69, 9.17) is 14.2 Å². The molecular weight excluding hydrogens is 337 g/mol. The van der Waals surface area contributed by atoms with Crippen LogP contribution in [0, 0.1) is 5.82 Å². The highest BCUT2D eigenvalue weighted by Gasteiger charge is 2.24. The number of nitrogens with one attached hydrogen (secondary N) is 1. The minimum atomic E-state index is -0.319. The van der Waals surface area contributed by atoms with E-state index in [-0.39, 0.29) is 37.0 Å². The average Bonchev–Trinajstić information content (AvgIpc) is 3.09. The van der Waals surface area contributed by atoms with Gasteiger partial charge in [0.1, 0.15) is 11.6 Å². The Morgan fingerprint density at radius 1 is 1.15 bits per heavy atom. The minimum absolute atomic E-state index is 0.0964. The van der Waals surface area contributed by atoms with Gasteiger partial charge in [0, 0.05) is 12.0 Å². The van der Waals surface area contributed by atoms with E-state index in [1.54, 1.807) is 0 Å². The Balaban J connectivity index is 1.46. The maximum Gasteiger partial charge on any atom is 0.231 e. The van der Waals surface area contributed by atoms with E-state index in [2.05, 4.69) is 19.2 Å². The van der Waals surface area contributed by atoms with E-state index in [0.717, 1.165) is 17.1 Å². The molecule has 0 bridgehead atoms. The van der Waals surface area contributed by atoms with E-state index in [9.17, 15) is 9.18 Å². The monoisotopic (exact) mass is 359 g/mol. The molecule has 5 nitrogen and oxygen atoms in total. The number of ether oxygens (including phenoxy) is 3. The maximum absolute atomic E-state index is 12.8. The van der Waals surface area contributed by atoms with Crippen molar-refractivity contribution in [3.05, 3.63) is 53.8 Å².